The zero-order valence-corrected chi connectivity index (χ0v) is 27.1. The van der Waals surface area contributed by atoms with Crippen molar-refractivity contribution < 1.29 is 0 Å². The molecule has 0 aliphatic rings. The zero-order chi connectivity index (χ0) is 31.9. The first-order chi connectivity index (χ1) is 23.8. The summed E-state index contributed by atoms with van der Waals surface area (Å²) in [6.07, 6.45) is 0. The van der Waals surface area contributed by atoms with Crippen molar-refractivity contribution in [1.29, 1.82) is 0 Å². The van der Waals surface area contributed by atoms with Crippen LogP contribution in [0.15, 0.2) is 188 Å². The van der Waals surface area contributed by atoms with Crippen LogP contribution in [0.1, 0.15) is 0 Å². The summed E-state index contributed by atoms with van der Waals surface area (Å²) in [6, 6.07) is 68.1. The Morgan fingerprint density at radius 3 is 1.62 bits per heavy atom. The number of anilines is 3. The SMILES string of the molecule is c1ccc(-c2ccc(-c3ccc(N(c4ccc5cc6c(cc5c4)sc4ccccc46)c4ccccc4-c4ccccc4)cc3)cc2)cc1. The van der Waals surface area contributed by atoms with Gasteiger partial charge in [0.25, 0.3) is 0 Å². The van der Waals surface area contributed by atoms with Gasteiger partial charge in [0.15, 0.2) is 0 Å². The Hall–Kier alpha value is -5.96. The molecule has 0 atom stereocenters. The highest BCUT2D eigenvalue weighted by Crippen LogP contribution is 2.43. The van der Waals surface area contributed by atoms with E-state index in [2.05, 4.69) is 193 Å². The normalized spacial score (nSPS) is 11.3. The first kappa shape index (κ1) is 28.3. The molecule has 2 heteroatoms. The molecule has 8 aromatic carbocycles. The summed E-state index contributed by atoms with van der Waals surface area (Å²) in [5.74, 6) is 0. The number of fused-ring (bicyclic) bond motifs is 4. The number of para-hydroxylation sites is 1. The molecule has 0 aliphatic heterocycles. The second-order valence-electron chi connectivity index (χ2n) is 12.2. The van der Waals surface area contributed by atoms with E-state index in [1.165, 1.54) is 64.3 Å². The van der Waals surface area contributed by atoms with E-state index in [0.717, 1.165) is 17.1 Å². The van der Waals surface area contributed by atoms with Crippen LogP contribution < -0.4 is 4.90 Å². The van der Waals surface area contributed by atoms with E-state index in [4.69, 9.17) is 0 Å². The Labute approximate surface area is 284 Å². The van der Waals surface area contributed by atoms with Crippen molar-refractivity contribution in [2.75, 3.05) is 4.90 Å². The summed E-state index contributed by atoms with van der Waals surface area (Å²) < 4.78 is 2.65. The lowest BCUT2D eigenvalue weighted by Crippen LogP contribution is -2.11. The maximum atomic E-state index is 2.40. The molecule has 0 fully saturated rings. The lowest BCUT2D eigenvalue weighted by Gasteiger charge is -2.28. The first-order valence-electron chi connectivity index (χ1n) is 16.3. The van der Waals surface area contributed by atoms with Crippen LogP contribution >= 0.6 is 11.3 Å². The molecule has 0 amide bonds. The van der Waals surface area contributed by atoms with Gasteiger partial charge in [-0.2, -0.15) is 0 Å². The summed E-state index contributed by atoms with van der Waals surface area (Å²) in [6.45, 7) is 0. The average Bonchev–Trinajstić information content (AvgIpc) is 3.52. The van der Waals surface area contributed by atoms with Gasteiger partial charge in [-0.05, 0) is 87.1 Å². The van der Waals surface area contributed by atoms with Crippen LogP contribution in [0.5, 0.6) is 0 Å². The fraction of sp³-hybridized carbons (Fsp3) is 0. The largest absolute Gasteiger partial charge is 0.310 e. The van der Waals surface area contributed by atoms with E-state index in [1.807, 2.05) is 11.3 Å². The van der Waals surface area contributed by atoms with Crippen LogP contribution in [0.25, 0.3) is 64.3 Å². The van der Waals surface area contributed by atoms with Gasteiger partial charge in [0.2, 0.25) is 0 Å². The fourth-order valence-corrected chi connectivity index (χ4v) is 7.98. The first-order valence-corrected chi connectivity index (χ1v) is 17.2. The Bertz CT molecular complexity index is 2530. The number of benzene rings is 8. The molecule has 0 unspecified atom stereocenters. The van der Waals surface area contributed by atoms with Gasteiger partial charge in [0.05, 0.1) is 5.69 Å². The van der Waals surface area contributed by atoms with E-state index >= 15 is 0 Å². The molecule has 9 rings (SSSR count). The van der Waals surface area contributed by atoms with E-state index in [-0.39, 0.29) is 0 Å². The summed E-state index contributed by atoms with van der Waals surface area (Å²) in [4.78, 5) is 2.40. The fourth-order valence-electron chi connectivity index (χ4n) is 6.84. The van der Waals surface area contributed by atoms with Crippen LogP contribution in [-0.4, -0.2) is 0 Å². The second-order valence-corrected chi connectivity index (χ2v) is 13.3. The summed E-state index contributed by atoms with van der Waals surface area (Å²) in [7, 11) is 0. The Morgan fingerprint density at radius 1 is 0.333 bits per heavy atom. The van der Waals surface area contributed by atoms with Crippen molar-refractivity contribution >= 4 is 59.3 Å². The zero-order valence-electron chi connectivity index (χ0n) is 26.3. The summed E-state index contributed by atoms with van der Waals surface area (Å²) >= 11 is 1.87. The van der Waals surface area contributed by atoms with Crippen LogP contribution in [0.4, 0.5) is 17.1 Å². The van der Waals surface area contributed by atoms with Gasteiger partial charge >= 0.3 is 0 Å². The van der Waals surface area contributed by atoms with E-state index in [0.29, 0.717) is 0 Å². The Balaban J connectivity index is 1.16. The molecule has 0 radical (unpaired) electrons. The molecule has 0 bridgehead atoms. The number of thiophene rings is 1. The monoisotopic (exact) mass is 629 g/mol. The van der Waals surface area contributed by atoms with Crippen LogP contribution in [0.2, 0.25) is 0 Å². The van der Waals surface area contributed by atoms with Crippen molar-refractivity contribution in [3.05, 3.63) is 188 Å². The molecule has 0 saturated heterocycles. The minimum Gasteiger partial charge on any atom is -0.310 e. The minimum atomic E-state index is 1.12. The molecule has 0 aliphatic carbocycles. The standard InChI is InChI=1S/C46H31NS/c1-3-11-32(12-4-1)33-19-21-34(22-20-33)35-23-26-39(27-24-35)47(44-17-9-7-15-41(44)36-13-5-2-6-14-36)40-28-25-37-30-43-42-16-8-10-18-45(42)48-46(43)31-38(37)29-40/h1-31H. The molecule has 1 nitrogen and oxygen atoms in total. The highest BCUT2D eigenvalue weighted by molar-refractivity contribution is 7.25. The van der Waals surface area contributed by atoms with Crippen LogP contribution in [0.3, 0.4) is 0 Å². The van der Waals surface area contributed by atoms with Gasteiger partial charge in [-0.3, -0.25) is 0 Å². The van der Waals surface area contributed by atoms with E-state index in [9.17, 15) is 0 Å². The molecule has 226 valence electrons. The third kappa shape index (κ3) is 5.13. The second kappa shape index (κ2) is 12.0. The predicted molar refractivity (Wildman–Crippen MR) is 208 cm³/mol. The predicted octanol–water partition coefficient (Wildman–Crippen LogP) is 13.7. The van der Waals surface area contributed by atoms with Gasteiger partial charge in [-0.25, -0.2) is 0 Å². The number of nitrogens with zero attached hydrogens (tertiary/aromatic N) is 1. The molecule has 1 heterocycles. The minimum absolute atomic E-state index is 1.12. The third-order valence-electron chi connectivity index (χ3n) is 9.26. The van der Waals surface area contributed by atoms with Crippen molar-refractivity contribution in [3.8, 4) is 33.4 Å². The molecular weight excluding hydrogens is 599 g/mol. The quantitative estimate of drug-likeness (QED) is 0.177. The van der Waals surface area contributed by atoms with Crippen molar-refractivity contribution in [1.82, 2.24) is 0 Å². The molecule has 0 spiro atoms. The molecule has 1 aromatic heterocycles. The molecular formula is C46H31NS. The summed E-state index contributed by atoms with van der Waals surface area (Å²) in [5.41, 5.74) is 10.6. The number of hydrogen-bond acceptors (Lipinski definition) is 2. The topological polar surface area (TPSA) is 3.24 Å². The van der Waals surface area contributed by atoms with Gasteiger partial charge in [0, 0.05) is 37.1 Å². The average molecular weight is 630 g/mol. The molecule has 0 saturated carbocycles. The van der Waals surface area contributed by atoms with Gasteiger partial charge in [0.1, 0.15) is 0 Å². The molecule has 9 aromatic rings. The maximum absolute atomic E-state index is 2.40. The van der Waals surface area contributed by atoms with E-state index < -0.39 is 0 Å². The van der Waals surface area contributed by atoms with Crippen LogP contribution in [-0.2, 0) is 0 Å². The molecule has 0 N–H and O–H groups in total. The highest BCUT2D eigenvalue weighted by Gasteiger charge is 2.18. The lowest BCUT2D eigenvalue weighted by molar-refractivity contribution is 1.29. The number of hydrogen-bond donors (Lipinski definition) is 0. The lowest BCUT2D eigenvalue weighted by atomic mass is 9.99. The van der Waals surface area contributed by atoms with Crippen molar-refractivity contribution in [2.45, 2.75) is 0 Å². The summed E-state index contributed by atoms with van der Waals surface area (Å²) in [5, 5.41) is 5.15. The van der Waals surface area contributed by atoms with Gasteiger partial charge in [-0.1, -0.05) is 140 Å². The smallest absolute Gasteiger partial charge is 0.0540 e. The number of rotatable bonds is 6. The Kier molecular flexibility index (Phi) is 7.07. The van der Waals surface area contributed by atoms with Crippen LogP contribution in [0, 0.1) is 0 Å². The highest BCUT2D eigenvalue weighted by atomic mass is 32.1. The van der Waals surface area contributed by atoms with E-state index in [1.54, 1.807) is 0 Å². The Morgan fingerprint density at radius 2 is 0.896 bits per heavy atom. The van der Waals surface area contributed by atoms with Crippen molar-refractivity contribution in [3.63, 3.8) is 0 Å². The van der Waals surface area contributed by atoms with Crippen molar-refractivity contribution in [2.24, 2.45) is 0 Å². The van der Waals surface area contributed by atoms with Gasteiger partial charge in [-0.15, -0.1) is 11.3 Å². The third-order valence-corrected chi connectivity index (χ3v) is 10.4. The van der Waals surface area contributed by atoms with Gasteiger partial charge < -0.3 is 4.90 Å². The molecule has 48 heavy (non-hydrogen) atoms. The maximum Gasteiger partial charge on any atom is 0.0540 e.